The summed E-state index contributed by atoms with van der Waals surface area (Å²) in [7, 11) is 0. The number of nitrogens with one attached hydrogen (secondary N) is 1. The molecular weight excluding hydrogens is 320 g/mol. The summed E-state index contributed by atoms with van der Waals surface area (Å²) in [5, 5.41) is 16.7. The molecule has 1 aromatic heterocycles. The molecule has 0 radical (unpaired) electrons. The summed E-state index contributed by atoms with van der Waals surface area (Å²) in [5.74, 6) is 0. The Morgan fingerprint density at radius 1 is 1.48 bits per heavy atom. The molecule has 124 valence electrons. The maximum absolute atomic E-state index is 11.9. The van der Waals surface area contributed by atoms with E-state index in [0.29, 0.717) is 16.3 Å². The second-order valence-electron chi connectivity index (χ2n) is 5.93. The van der Waals surface area contributed by atoms with Crippen molar-refractivity contribution in [2.45, 2.75) is 32.4 Å². The summed E-state index contributed by atoms with van der Waals surface area (Å²) >= 11 is 6.17. The molecule has 0 fully saturated rings. The summed E-state index contributed by atoms with van der Waals surface area (Å²) < 4.78 is 6.71. The van der Waals surface area contributed by atoms with Crippen LogP contribution in [0.15, 0.2) is 30.9 Å². The van der Waals surface area contributed by atoms with E-state index in [1.165, 1.54) is 17.3 Å². The van der Waals surface area contributed by atoms with Gasteiger partial charge in [-0.2, -0.15) is 5.10 Å². The van der Waals surface area contributed by atoms with Gasteiger partial charge in [0.1, 0.15) is 18.3 Å². The zero-order chi connectivity index (χ0) is 17.0. The lowest BCUT2D eigenvalue weighted by Crippen LogP contribution is -2.36. The zero-order valence-corrected chi connectivity index (χ0v) is 13.9. The molecule has 0 aliphatic heterocycles. The molecule has 0 aliphatic carbocycles. The lowest BCUT2D eigenvalue weighted by atomic mass is 10.1. The molecule has 0 saturated carbocycles. The van der Waals surface area contributed by atoms with Gasteiger partial charge in [-0.25, -0.2) is 14.5 Å². The number of carbonyl (C=O) groups excluding carboxylic acids is 1. The summed E-state index contributed by atoms with van der Waals surface area (Å²) in [4.78, 5) is 15.8. The molecule has 2 N–H and O–H groups in total. The Labute approximate surface area is 139 Å². The molecule has 1 atom stereocenters. The van der Waals surface area contributed by atoms with E-state index < -0.39 is 17.7 Å². The van der Waals surface area contributed by atoms with Gasteiger partial charge >= 0.3 is 6.09 Å². The number of nitrogens with zero attached hydrogens (tertiary/aromatic N) is 3. The van der Waals surface area contributed by atoms with Crippen LogP contribution in [0, 0.1) is 0 Å². The lowest BCUT2D eigenvalue weighted by Gasteiger charge is -2.23. The first-order valence-corrected chi connectivity index (χ1v) is 7.43. The van der Waals surface area contributed by atoms with E-state index in [0.717, 1.165) is 0 Å². The van der Waals surface area contributed by atoms with E-state index in [4.69, 9.17) is 16.3 Å². The Kier molecular flexibility index (Phi) is 5.23. The lowest BCUT2D eigenvalue weighted by molar-refractivity contribution is 0.0482. The molecular formula is C15H19ClN4O3. The van der Waals surface area contributed by atoms with Crippen LogP contribution >= 0.6 is 11.6 Å². The summed E-state index contributed by atoms with van der Waals surface area (Å²) in [6.45, 7) is 5.03. The normalized spacial score (nSPS) is 12.7. The molecule has 7 nitrogen and oxygen atoms in total. The molecule has 1 unspecified atom stereocenters. The molecule has 1 amide bonds. The number of rotatable bonds is 4. The standard InChI is InChI=1S/C15H19ClN4O3/c1-15(2,3)23-14(22)19-12(7-21)10-4-5-11(16)13(6-10)20-9-17-8-18-20/h4-6,8-9,12,21H,7H2,1-3H3,(H,19,22). The molecule has 1 heterocycles. The van der Waals surface area contributed by atoms with Crippen molar-refractivity contribution in [1.29, 1.82) is 0 Å². The minimum atomic E-state index is -0.621. The Balaban J connectivity index is 2.22. The largest absolute Gasteiger partial charge is 0.444 e. The van der Waals surface area contributed by atoms with Crippen molar-refractivity contribution in [2.24, 2.45) is 0 Å². The zero-order valence-electron chi connectivity index (χ0n) is 13.2. The first-order valence-electron chi connectivity index (χ1n) is 7.05. The van der Waals surface area contributed by atoms with Crippen LogP contribution in [0.2, 0.25) is 5.02 Å². The quantitative estimate of drug-likeness (QED) is 0.894. The summed E-state index contributed by atoms with van der Waals surface area (Å²) in [6, 6.07) is 4.51. The molecule has 2 aromatic rings. The number of carbonyl (C=O) groups is 1. The maximum Gasteiger partial charge on any atom is 0.408 e. The Morgan fingerprint density at radius 2 is 2.22 bits per heavy atom. The summed E-state index contributed by atoms with van der Waals surface area (Å²) in [5.41, 5.74) is 0.662. The highest BCUT2D eigenvalue weighted by molar-refractivity contribution is 6.32. The number of alkyl carbamates (subject to hydrolysis) is 1. The number of hydrogen-bond acceptors (Lipinski definition) is 5. The average molecular weight is 339 g/mol. The third kappa shape index (κ3) is 4.67. The maximum atomic E-state index is 11.9. The third-order valence-corrected chi connectivity index (χ3v) is 3.23. The van der Waals surface area contributed by atoms with Gasteiger partial charge in [0.15, 0.2) is 0 Å². The van der Waals surface area contributed by atoms with E-state index in [1.807, 2.05) is 0 Å². The van der Waals surface area contributed by atoms with E-state index in [2.05, 4.69) is 15.4 Å². The fourth-order valence-corrected chi connectivity index (χ4v) is 2.14. The minimum absolute atomic E-state index is 0.280. The topological polar surface area (TPSA) is 89.3 Å². The minimum Gasteiger partial charge on any atom is -0.444 e. The van der Waals surface area contributed by atoms with Gasteiger partial charge in [-0.3, -0.25) is 0 Å². The van der Waals surface area contributed by atoms with Crippen molar-refractivity contribution in [3.63, 3.8) is 0 Å². The van der Waals surface area contributed by atoms with Crippen LogP contribution in [0.3, 0.4) is 0 Å². The van der Waals surface area contributed by atoms with Crippen LogP contribution < -0.4 is 5.32 Å². The smallest absolute Gasteiger partial charge is 0.408 e. The number of aliphatic hydroxyl groups excluding tert-OH is 1. The molecule has 1 aromatic carbocycles. The molecule has 8 heteroatoms. The van der Waals surface area contributed by atoms with Crippen LogP contribution in [0.25, 0.3) is 5.69 Å². The highest BCUT2D eigenvalue weighted by Crippen LogP contribution is 2.24. The predicted molar refractivity (Wildman–Crippen MR) is 85.6 cm³/mol. The van der Waals surface area contributed by atoms with Crippen molar-refractivity contribution in [2.75, 3.05) is 6.61 Å². The van der Waals surface area contributed by atoms with E-state index in [9.17, 15) is 9.90 Å². The van der Waals surface area contributed by atoms with Crippen molar-refractivity contribution < 1.29 is 14.6 Å². The Bertz CT molecular complexity index is 668. The number of aliphatic hydroxyl groups is 1. The van der Waals surface area contributed by atoms with Gasteiger partial charge in [-0.1, -0.05) is 17.7 Å². The monoisotopic (exact) mass is 338 g/mol. The van der Waals surface area contributed by atoms with Crippen molar-refractivity contribution >= 4 is 17.7 Å². The molecule has 0 spiro atoms. The number of benzene rings is 1. The van der Waals surface area contributed by atoms with Gasteiger partial charge in [0, 0.05) is 0 Å². The van der Waals surface area contributed by atoms with Crippen molar-refractivity contribution in [3.8, 4) is 5.69 Å². The summed E-state index contributed by atoms with van der Waals surface area (Å²) in [6.07, 6.45) is 2.31. The second kappa shape index (κ2) is 6.97. The molecule has 0 saturated heterocycles. The van der Waals surface area contributed by atoms with Crippen LogP contribution in [0.1, 0.15) is 32.4 Å². The number of hydrogen-bond donors (Lipinski definition) is 2. The number of ether oxygens (including phenoxy) is 1. The highest BCUT2D eigenvalue weighted by Gasteiger charge is 2.21. The van der Waals surface area contributed by atoms with Crippen molar-refractivity contribution in [3.05, 3.63) is 41.4 Å². The Morgan fingerprint density at radius 3 is 2.78 bits per heavy atom. The number of halogens is 1. The Hall–Kier alpha value is -2.12. The van der Waals surface area contributed by atoms with Crippen LogP contribution in [-0.2, 0) is 4.74 Å². The highest BCUT2D eigenvalue weighted by atomic mass is 35.5. The first kappa shape index (κ1) is 17.2. The fourth-order valence-electron chi connectivity index (χ4n) is 1.94. The van der Waals surface area contributed by atoms with Crippen molar-refractivity contribution in [1.82, 2.24) is 20.1 Å². The van der Waals surface area contributed by atoms with Gasteiger partial charge in [0.2, 0.25) is 0 Å². The number of aromatic nitrogens is 3. The molecule has 0 aliphatic rings. The van der Waals surface area contributed by atoms with Crippen LogP contribution in [0.4, 0.5) is 4.79 Å². The van der Waals surface area contributed by atoms with E-state index >= 15 is 0 Å². The van der Waals surface area contributed by atoms with E-state index in [1.54, 1.807) is 39.0 Å². The van der Waals surface area contributed by atoms with Gasteiger partial charge in [-0.05, 0) is 38.5 Å². The van der Waals surface area contributed by atoms with Gasteiger partial charge < -0.3 is 15.2 Å². The average Bonchev–Trinajstić information content (AvgIpc) is 2.97. The van der Waals surface area contributed by atoms with E-state index in [-0.39, 0.29) is 6.61 Å². The van der Waals surface area contributed by atoms with Gasteiger partial charge in [0.05, 0.1) is 23.4 Å². The van der Waals surface area contributed by atoms with Crippen LogP contribution in [0.5, 0.6) is 0 Å². The molecule has 23 heavy (non-hydrogen) atoms. The fraction of sp³-hybridized carbons (Fsp3) is 0.400. The molecule has 0 bridgehead atoms. The molecule has 2 rings (SSSR count). The van der Waals surface area contributed by atoms with Gasteiger partial charge in [0.25, 0.3) is 0 Å². The first-order chi connectivity index (χ1) is 10.8. The SMILES string of the molecule is CC(C)(C)OC(=O)NC(CO)c1ccc(Cl)c(-n2cncn2)c1. The second-order valence-corrected chi connectivity index (χ2v) is 6.34. The van der Waals surface area contributed by atoms with Gasteiger partial charge in [-0.15, -0.1) is 0 Å². The third-order valence-electron chi connectivity index (χ3n) is 2.91. The predicted octanol–water partition coefficient (Wildman–Crippen LogP) is 2.48. The number of amides is 1. The van der Waals surface area contributed by atoms with Crippen LogP contribution in [-0.4, -0.2) is 38.2 Å².